The van der Waals surface area contributed by atoms with E-state index in [1.807, 2.05) is 47.2 Å². The highest BCUT2D eigenvalue weighted by Gasteiger charge is 2.09. The Morgan fingerprint density at radius 2 is 1.91 bits per heavy atom. The van der Waals surface area contributed by atoms with Crippen molar-refractivity contribution in [2.24, 2.45) is 0 Å². The molecule has 0 bridgehead atoms. The maximum atomic E-state index is 13.9. The standard InChI is InChI=1S/C19H12BrFN2/c20-15-5-3-6-17(12-15)23-10-4-7-16(23)11-14(13-22)18-8-1-2-9-19(18)21/h1-12H. The van der Waals surface area contributed by atoms with Crippen LogP contribution in [-0.2, 0) is 0 Å². The van der Waals surface area contributed by atoms with Gasteiger partial charge in [0.2, 0.25) is 0 Å². The van der Waals surface area contributed by atoms with Gasteiger partial charge in [-0.1, -0.05) is 40.2 Å². The molecule has 0 saturated carbocycles. The van der Waals surface area contributed by atoms with Crippen LogP contribution in [0.2, 0.25) is 0 Å². The predicted octanol–water partition coefficient (Wildman–Crippen LogP) is 5.44. The van der Waals surface area contributed by atoms with E-state index >= 15 is 0 Å². The van der Waals surface area contributed by atoms with Crippen molar-refractivity contribution in [3.05, 3.63) is 88.4 Å². The molecule has 0 aliphatic heterocycles. The average molecular weight is 367 g/mol. The van der Waals surface area contributed by atoms with E-state index < -0.39 is 5.82 Å². The second-order valence-corrected chi connectivity index (χ2v) is 5.85. The van der Waals surface area contributed by atoms with Crippen LogP contribution < -0.4 is 0 Å². The second kappa shape index (κ2) is 6.64. The Labute approximate surface area is 142 Å². The number of aromatic nitrogens is 1. The molecule has 4 heteroatoms. The lowest BCUT2D eigenvalue weighted by atomic mass is 10.1. The fourth-order valence-corrected chi connectivity index (χ4v) is 2.76. The fraction of sp³-hybridized carbons (Fsp3) is 0. The summed E-state index contributed by atoms with van der Waals surface area (Å²) >= 11 is 3.45. The Morgan fingerprint density at radius 3 is 2.65 bits per heavy atom. The summed E-state index contributed by atoms with van der Waals surface area (Å²) in [4.78, 5) is 0. The van der Waals surface area contributed by atoms with Crippen LogP contribution in [0.1, 0.15) is 11.3 Å². The molecule has 0 atom stereocenters. The van der Waals surface area contributed by atoms with Crippen molar-refractivity contribution in [1.29, 1.82) is 5.26 Å². The highest BCUT2D eigenvalue weighted by Crippen LogP contribution is 2.23. The van der Waals surface area contributed by atoms with Crippen LogP contribution in [0.4, 0.5) is 4.39 Å². The summed E-state index contributed by atoms with van der Waals surface area (Å²) in [5, 5.41) is 9.41. The Bertz CT molecular complexity index is 919. The molecular formula is C19H12BrFN2. The van der Waals surface area contributed by atoms with Crippen LogP contribution in [0.15, 0.2) is 71.3 Å². The number of hydrogen-bond acceptors (Lipinski definition) is 1. The van der Waals surface area contributed by atoms with Gasteiger partial charge in [-0.2, -0.15) is 5.26 Å². The number of allylic oxidation sites excluding steroid dienone is 1. The van der Waals surface area contributed by atoms with Crippen molar-refractivity contribution < 1.29 is 4.39 Å². The third-order valence-electron chi connectivity index (χ3n) is 3.44. The van der Waals surface area contributed by atoms with Crippen LogP contribution in [0.3, 0.4) is 0 Å². The molecule has 0 radical (unpaired) electrons. The van der Waals surface area contributed by atoms with E-state index in [1.165, 1.54) is 6.07 Å². The fourth-order valence-electron chi connectivity index (χ4n) is 2.37. The molecule has 0 N–H and O–H groups in total. The molecule has 112 valence electrons. The van der Waals surface area contributed by atoms with Gasteiger partial charge < -0.3 is 4.57 Å². The number of hydrogen-bond donors (Lipinski definition) is 0. The third kappa shape index (κ3) is 3.25. The number of nitriles is 1. The average Bonchev–Trinajstić information content (AvgIpc) is 3.01. The van der Waals surface area contributed by atoms with Crippen molar-refractivity contribution in [3.63, 3.8) is 0 Å². The third-order valence-corrected chi connectivity index (χ3v) is 3.94. The molecule has 0 aliphatic rings. The summed E-state index contributed by atoms with van der Waals surface area (Å²) in [7, 11) is 0. The lowest BCUT2D eigenvalue weighted by Crippen LogP contribution is -1.95. The summed E-state index contributed by atoms with van der Waals surface area (Å²) < 4.78 is 16.8. The molecule has 0 amide bonds. The number of halogens is 2. The zero-order valence-corrected chi connectivity index (χ0v) is 13.7. The van der Waals surface area contributed by atoms with Gasteiger partial charge in [0, 0.05) is 27.6 Å². The van der Waals surface area contributed by atoms with E-state index in [0.717, 1.165) is 15.9 Å². The molecule has 0 unspecified atom stereocenters. The van der Waals surface area contributed by atoms with E-state index in [4.69, 9.17) is 0 Å². The van der Waals surface area contributed by atoms with Gasteiger partial charge in [-0.05, 0) is 42.5 Å². The van der Waals surface area contributed by atoms with E-state index in [0.29, 0.717) is 5.56 Å². The minimum Gasteiger partial charge on any atom is -0.317 e. The Kier molecular flexibility index (Phi) is 4.40. The van der Waals surface area contributed by atoms with E-state index in [9.17, 15) is 9.65 Å². The first kappa shape index (κ1) is 15.3. The summed E-state index contributed by atoms with van der Waals surface area (Å²) in [5.74, 6) is -0.402. The first-order chi connectivity index (χ1) is 11.2. The quantitative estimate of drug-likeness (QED) is 0.567. The number of benzene rings is 2. The molecule has 2 nitrogen and oxygen atoms in total. The minimum absolute atomic E-state index is 0.290. The number of rotatable bonds is 3. The molecule has 1 aromatic heterocycles. The largest absolute Gasteiger partial charge is 0.317 e. The van der Waals surface area contributed by atoms with Gasteiger partial charge in [-0.25, -0.2) is 4.39 Å². The van der Waals surface area contributed by atoms with Gasteiger partial charge in [0.25, 0.3) is 0 Å². The molecule has 0 spiro atoms. The van der Waals surface area contributed by atoms with Crippen molar-refractivity contribution in [3.8, 4) is 11.8 Å². The monoisotopic (exact) mass is 366 g/mol. The van der Waals surface area contributed by atoms with Gasteiger partial charge in [-0.15, -0.1) is 0 Å². The maximum absolute atomic E-state index is 13.9. The van der Waals surface area contributed by atoms with Crippen molar-refractivity contribution in [2.45, 2.75) is 0 Å². The zero-order valence-electron chi connectivity index (χ0n) is 12.1. The molecule has 1 heterocycles. The molecule has 23 heavy (non-hydrogen) atoms. The summed E-state index contributed by atoms with van der Waals surface area (Å²) in [6.07, 6.45) is 3.60. The smallest absolute Gasteiger partial charge is 0.131 e. The molecule has 0 saturated heterocycles. The van der Waals surface area contributed by atoms with E-state index in [1.54, 1.807) is 24.3 Å². The molecule has 2 aromatic carbocycles. The first-order valence-corrected chi connectivity index (χ1v) is 7.78. The molecule has 0 fully saturated rings. The van der Waals surface area contributed by atoms with E-state index in [2.05, 4.69) is 22.0 Å². The van der Waals surface area contributed by atoms with Crippen LogP contribution >= 0.6 is 15.9 Å². The Morgan fingerprint density at radius 1 is 1.09 bits per heavy atom. The van der Waals surface area contributed by atoms with Gasteiger partial charge in [0.15, 0.2) is 0 Å². The first-order valence-electron chi connectivity index (χ1n) is 6.99. The van der Waals surface area contributed by atoms with Gasteiger partial charge in [-0.3, -0.25) is 0 Å². The highest BCUT2D eigenvalue weighted by atomic mass is 79.9. The molecule has 3 aromatic rings. The SMILES string of the molecule is N#CC(=Cc1cccn1-c1cccc(Br)c1)c1ccccc1F. The summed E-state index contributed by atoms with van der Waals surface area (Å²) in [5.41, 5.74) is 2.36. The van der Waals surface area contributed by atoms with Gasteiger partial charge in [0.1, 0.15) is 5.82 Å². The van der Waals surface area contributed by atoms with E-state index in [-0.39, 0.29) is 5.57 Å². The Hall–Kier alpha value is -2.64. The molecule has 3 rings (SSSR count). The normalized spacial score (nSPS) is 11.3. The molecule has 0 aliphatic carbocycles. The molecular weight excluding hydrogens is 355 g/mol. The van der Waals surface area contributed by atoms with Gasteiger partial charge in [0.05, 0.1) is 11.6 Å². The Balaban J connectivity index is 2.08. The van der Waals surface area contributed by atoms with Crippen LogP contribution in [-0.4, -0.2) is 4.57 Å². The lowest BCUT2D eigenvalue weighted by Gasteiger charge is -2.08. The van der Waals surface area contributed by atoms with Crippen molar-refractivity contribution in [1.82, 2.24) is 4.57 Å². The summed E-state index contributed by atoms with van der Waals surface area (Å²) in [6.45, 7) is 0. The minimum atomic E-state index is -0.402. The summed E-state index contributed by atoms with van der Waals surface area (Å²) in [6, 6.07) is 20.0. The second-order valence-electron chi connectivity index (χ2n) is 4.93. The topological polar surface area (TPSA) is 28.7 Å². The highest BCUT2D eigenvalue weighted by molar-refractivity contribution is 9.10. The van der Waals surface area contributed by atoms with Crippen molar-refractivity contribution in [2.75, 3.05) is 0 Å². The maximum Gasteiger partial charge on any atom is 0.131 e. The van der Waals surface area contributed by atoms with Crippen LogP contribution in [0, 0.1) is 17.1 Å². The lowest BCUT2D eigenvalue weighted by molar-refractivity contribution is 0.624. The van der Waals surface area contributed by atoms with Crippen LogP contribution in [0.25, 0.3) is 17.3 Å². The van der Waals surface area contributed by atoms with Gasteiger partial charge >= 0.3 is 0 Å². The van der Waals surface area contributed by atoms with Crippen LogP contribution in [0.5, 0.6) is 0 Å². The van der Waals surface area contributed by atoms with Crippen molar-refractivity contribution >= 4 is 27.6 Å². The zero-order chi connectivity index (χ0) is 16.2. The number of nitrogens with zero attached hydrogens (tertiary/aromatic N) is 2. The predicted molar refractivity (Wildman–Crippen MR) is 93.4 cm³/mol.